The zero-order valence-electron chi connectivity index (χ0n) is 10.5. The smallest absolute Gasteiger partial charge is 0.240 e. The summed E-state index contributed by atoms with van der Waals surface area (Å²) in [5.41, 5.74) is 5.83. The summed E-state index contributed by atoms with van der Waals surface area (Å²) in [4.78, 5) is 12.0. The Morgan fingerprint density at radius 2 is 2.12 bits per heavy atom. The second kappa shape index (κ2) is 4.02. The number of hydrogen-bond acceptors (Lipinski definition) is 2. The van der Waals surface area contributed by atoms with Crippen molar-refractivity contribution < 1.29 is 4.79 Å². The molecule has 0 spiro atoms. The number of rotatable bonds is 5. The zero-order chi connectivity index (χ0) is 11.8. The molecule has 1 amide bonds. The minimum atomic E-state index is -0.640. The minimum Gasteiger partial charge on any atom is -0.354 e. The maximum absolute atomic E-state index is 12.0. The maximum Gasteiger partial charge on any atom is 0.240 e. The lowest BCUT2D eigenvalue weighted by Crippen LogP contribution is -2.55. The Morgan fingerprint density at radius 3 is 2.50 bits per heavy atom. The van der Waals surface area contributed by atoms with Crippen molar-refractivity contribution in [1.29, 1.82) is 0 Å². The van der Waals surface area contributed by atoms with Gasteiger partial charge in [-0.3, -0.25) is 4.79 Å². The number of nitrogens with one attached hydrogen (secondary N) is 1. The van der Waals surface area contributed by atoms with E-state index in [0.29, 0.717) is 11.3 Å². The Balaban J connectivity index is 1.83. The molecule has 3 N–H and O–H groups in total. The summed E-state index contributed by atoms with van der Waals surface area (Å²) in [5, 5.41) is 3.07. The van der Waals surface area contributed by atoms with Crippen molar-refractivity contribution in [2.45, 2.75) is 57.9 Å². The Kier molecular flexibility index (Phi) is 2.99. The molecule has 3 nitrogen and oxygen atoms in total. The molecule has 0 radical (unpaired) electrons. The molecule has 2 aliphatic carbocycles. The van der Waals surface area contributed by atoms with Gasteiger partial charge in [0.2, 0.25) is 5.91 Å². The van der Waals surface area contributed by atoms with Gasteiger partial charge in [-0.05, 0) is 50.4 Å². The topological polar surface area (TPSA) is 55.1 Å². The molecule has 0 aromatic rings. The van der Waals surface area contributed by atoms with E-state index in [-0.39, 0.29) is 5.91 Å². The van der Waals surface area contributed by atoms with Crippen molar-refractivity contribution >= 4 is 5.91 Å². The summed E-state index contributed by atoms with van der Waals surface area (Å²) in [6.45, 7) is 4.91. The first-order chi connectivity index (χ1) is 7.50. The average molecular weight is 224 g/mol. The number of amides is 1. The summed E-state index contributed by atoms with van der Waals surface area (Å²) < 4.78 is 0. The van der Waals surface area contributed by atoms with E-state index in [2.05, 4.69) is 12.2 Å². The number of nitrogens with two attached hydrogens (primary N) is 1. The lowest BCUT2D eigenvalue weighted by molar-refractivity contribution is -0.127. The zero-order valence-corrected chi connectivity index (χ0v) is 10.5. The Labute approximate surface area is 98.2 Å². The first-order valence-corrected chi connectivity index (χ1v) is 6.57. The van der Waals surface area contributed by atoms with Crippen LogP contribution in [0, 0.1) is 11.3 Å². The molecule has 2 aliphatic rings. The Hall–Kier alpha value is -0.570. The summed E-state index contributed by atoms with van der Waals surface area (Å²) in [6.07, 6.45) is 7.21. The SMILES string of the molecule is CCC1(CNC(=O)C(C)(N)C2CC2)CCC1. The summed E-state index contributed by atoms with van der Waals surface area (Å²) in [6, 6.07) is 0. The molecule has 0 bridgehead atoms. The van der Waals surface area contributed by atoms with Crippen molar-refractivity contribution in [1.82, 2.24) is 5.32 Å². The monoisotopic (exact) mass is 224 g/mol. The fourth-order valence-electron chi connectivity index (χ4n) is 2.66. The maximum atomic E-state index is 12.0. The van der Waals surface area contributed by atoms with E-state index in [9.17, 15) is 4.79 Å². The standard InChI is InChI=1S/C13H24N2O/c1-3-13(7-4-8-13)9-15-11(16)12(2,14)10-5-6-10/h10H,3-9,14H2,1-2H3,(H,15,16). The predicted molar refractivity (Wildman–Crippen MR) is 64.9 cm³/mol. The van der Waals surface area contributed by atoms with Crippen LogP contribution in [-0.4, -0.2) is 18.0 Å². The highest BCUT2D eigenvalue weighted by Crippen LogP contribution is 2.43. The van der Waals surface area contributed by atoms with Crippen LogP contribution in [0.5, 0.6) is 0 Å². The van der Waals surface area contributed by atoms with Crippen LogP contribution in [-0.2, 0) is 4.79 Å². The van der Waals surface area contributed by atoms with Gasteiger partial charge in [-0.2, -0.15) is 0 Å². The van der Waals surface area contributed by atoms with Gasteiger partial charge in [0.15, 0.2) is 0 Å². The Bertz CT molecular complexity index is 272. The largest absolute Gasteiger partial charge is 0.354 e. The number of carbonyl (C=O) groups excluding carboxylic acids is 1. The second-order valence-corrected chi connectivity index (χ2v) is 5.95. The summed E-state index contributed by atoms with van der Waals surface area (Å²) >= 11 is 0. The van der Waals surface area contributed by atoms with Crippen LogP contribution in [0.4, 0.5) is 0 Å². The first-order valence-electron chi connectivity index (χ1n) is 6.57. The average Bonchev–Trinajstić information content (AvgIpc) is 2.99. The van der Waals surface area contributed by atoms with Crippen LogP contribution in [0.1, 0.15) is 52.4 Å². The molecule has 0 heterocycles. The van der Waals surface area contributed by atoms with E-state index in [1.165, 1.54) is 19.3 Å². The van der Waals surface area contributed by atoms with E-state index in [1.54, 1.807) is 0 Å². The van der Waals surface area contributed by atoms with Gasteiger partial charge < -0.3 is 11.1 Å². The third-order valence-corrected chi connectivity index (χ3v) is 4.70. The molecule has 2 saturated carbocycles. The van der Waals surface area contributed by atoms with Gasteiger partial charge in [0, 0.05) is 6.54 Å². The fourth-order valence-corrected chi connectivity index (χ4v) is 2.66. The molecule has 0 aliphatic heterocycles. The molecule has 16 heavy (non-hydrogen) atoms. The van der Waals surface area contributed by atoms with E-state index in [1.807, 2.05) is 6.92 Å². The highest BCUT2D eigenvalue weighted by atomic mass is 16.2. The van der Waals surface area contributed by atoms with E-state index in [0.717, 1.165) is 25.8 Å². The molecule has 1 unspecified atom stereocenters. The van der Waals surface area contributed by atoms with Crippen LogP contribution in [0.15, 0.2) is 0 Å². The third kappa shape index (κ3) is 2.10. The number of carbonyl (C=O) groups is 1. The van der Waals surface area contributed by atoms with Gasteiger partial charge in [0.1, 0.15) is 0 Å². The number of hydrogen-bond donors (Lipinski definition) is 2. The van der Waals surface area contributed by atoms with Gasteiger partial charge in [0.05, 0.1) is 5.54 Å². The highest BCUT2D eigenvalue weighted by Gasteiger charge is 2.45. The molecule has 0 aromatic heterocycles. The van der Waals surface area contributed by atoms with Crippen molar-refractivity contribution in [3.05, 3.63) is 0 Å². The van der Waals surface area contributed by atoms with Crippen LogP contribution >= 0.6 is 0 Å². The van der Waals surface area contributed by atoms with Gasteiger partial charge in [-0.15, -0.1) is 0 Å². The van der Waals surface area contributed by atoms with Crippen LogP contribution in [0.25, 0.3) is 0 Å². The van der Waals surface area contributed by atoms with Crippen LogP contribution in [0.2, 0.25) is 0 Å². The molecule has 1 atom stereocenters. The minimum absolute atomic E-state index is 0.0507. The Morgan fingerprint density at radius 1 is 1.50 bits per heavy atom. The van der Waals surface area contributed by atoms with Crippen molar-refractivity contribution in [2.24, 2.45) is 17.1 Å². The molecular formula is C13H24N2O. The van der Waals surface area contributed by atoms with E-state index < -0.39 is 5.54 Å². The third-order valence-electron chi connectivity index (χ3n) is 4.70. The molecule has 0 saturated heterocycles. The lowest BCUT2D eigenvalue weighted by atomic mass is 9.67. The quantitative estimate of drug-likeness (QED) is 0.748. The van der Waals surface area contributed by atoms with Gasteiger partial charge in [-0.1, -0.05) is 13.3 Å². The molecule has 0 aromatic carbocycles. The first kappa shape index (κ1) is 11.9. The summed E-state index contributed by atoms with van der Waals surface area (Å²) in [5.74, 6) is 0.459. The van der Waals surface area contributed by atoms with E-state index in [4.69, 9.17) is 5.73 Å². The van der Waals surface area contributed by atoms with Crippen molar-refractivity contribution in [3.63, 3.8) is 0 Å². The van der Waals surface area contributed by atoms with Crippen LogP contribution < -0.4 is 11.1 Å². The lowest BCUT2D eigenvalue weighted by Gasteiger charge is -2.42. The highest BCUT2D eigenvalue weighted by molar-refractivity contribution is 5.86. The van der Waals surface area contributed by atoms with Crippen molar-refractivity contribution in [2.75, 3.05) is 6.54 Å². The molecule has 2 fully saturated rings. The molecule has 3 heteroatoms. The summed E-state index contributed by atoms with van der Waals surface area (Å²) in [7, 11) is 0. The second-order valence-electron chi connectivity index (χ2n) is 5.95. The molecular weight excluding hydrogens is 200 g/mol. The fraction of sp³-hybridized carbons (Fsp3) is 0.923. The van der Waals surface area contributed by atoms with Crippen LogP contribution in [0.3, 0.4) is 0 Å². The molecule has 2 rings (SSSR count). The normalized spacial score (nSPS) is 26.7. The van der Waals surface area contributed by atoms with Gasteiger partial charge >= 0.3 is 0 Å². The molecule has 92 valence electrons. The van der Waals surface area contributed by atoms with Crippen molar-refractivity contribution in [3.8, 4) is 0 Å². The predicted octanol–water partition coefficient (Wildman–Crippen LogP) is 1.81. The van der Waals surface area contributed by atoms with E-state index >= 15 is 0 Å². The van der Waals surface area contributed by atoms with Gasteiger partial charge in [-0.25, -0.2) is 0 Å². The van der Waals surface area contributed by atoms with Gasteiger partial charge in [0.25, 0.3) is 0 Å².